The smallest absolute Gasteiger partial charge is 0.315 e. The molecule has 0 unspecified atom stereocenters. The fraction of sp³-hybridized carbons (Fsp3) is 0.368. The van der Waals surface area contributed by atoms with Crippen LogP contribution in [-0.2, 0) is 16.8 Å². The molecule has 1 aromatic carbocycles. The van der Waals surface area contributed by atoms with Gasteiger partial charge in [-0.05, 0) is 24.6 Å². The molecule has 0 bridgehead atoms. The average molecular weight is 343 g/mol. The number of hydrogen-bond donors (Lipinski definition) is 3. The van der Waals surface area contributed by atoms with Crippen LogP contribution >= 0.6 is 0 Å². The zero-order valence-electron chi connectivity index (χ0n) is 14.9. The van der Waals surface area contributed by atoms with E-state index in [2.05, 4.69) is 41.9 Å². The summed E-state index contributed by atoms with van der Waals surface area (Å²) in [6, 6.07) is 11.4. The molecule has 25 heavy (non-hydrogen) atoms. The Morgan fingerprint density at radius 1 is 1.08 bits per heavy atom. The Kier molecular flexibility index (Phi) is 6.22. The summed E-state index contributed by atoms with van der Waals surface area (Å²) >= 11 is 0. The maximum Gasteiger partial charge on any atom is 0.315 e. The number of nitrogens with one attached hydrogen (secondary N) is 3. The van der Waals surface area contributed by atoms with E-state index in [-0.39, 0.29) is 23.9 Å². The molecule has 3 amide bonds. The third kappa shape index (κ3) is 5.99. The molecule has 0 aliphatic carbocycles. The first-order valence-corrected chi connectivity index (χ1v) is 8.25. The van der Waals surface area contributed by atoms with Crippen molar-refractivity contribution in [3.05, 3.63) is 59.5 Å². The van der Waals surface area contributed by atoms with Crippen LogP contribution in [0.25, 0.3) is 0 Å². The highest BCUT2D eigenvalue weighted by molar-refractivity contribution is 5.83. The minimum absolute atomic E-state index is 0.0859. The summed E-state index contributed by atoms with van der Waals surface area (Å²) in [4.78, 5) is 23.6. The van der Waals surface area contributed by atoms with Crippen LogP contribution in [0, 0.1) is 6.92 Å². The van der Waals surface area contributed by atoms with Crippen LogP contribution in [0.1, 0.15) is 30.7 Å². The van der Waals surface area contributed by atoms with Gasteiger partial charge in [-0.25, -0.2) is 4.79 Å². The summed E-state index contributed by atoms with van der Waals surface area (Å²) in [5.74, 6) is 0.391. The number of aryl methyl sites for hydroxylation is 1. The molecule has 0 saturated carbocycles. The van der Waals surface area contributed by atoms with Crippen LogP contribution in [0.2, 0.25) is 0 Å². The summed E-state index contributed by atoms with van der Waals surface area (Å²) in [5.41, 5.74) is 2.14. The molecule has 1 heterocycles. The highest BCUT2D eigenvalue weighted by Gasteiger charge is 2.21. The molecule has 134 valence electrons. The van der Waals surface area contributed by atoms with Crippen LogP contribution in [-0.4, -0.2) is 25.0 Å². The lowest BCUT2D eigenvalue weighted by atomic mass is 9.84. The molecule has 0 saturated heterocycles. The van der Waals surface area contributed by atoms with Gasteiger partial charge in [-0.15, -0.1) is 0 Å². The van der Waals surface area contributed by atoms with Crippen LogP contribution in [0.4, 0.5) is 4.79 Å². The van der Waals surface area contributed by atoms with E-state index in [0.29, 0.717) is 18.8 Å². The van der Waals surface area contributed by atoms with E-state index in [1.165, 1.54) is 5.56 Å². The van der Waals surface area contributed by atoms with Crippen molar-refractivity contribution in [1.82, 2.24) is 16.0 Å². The second-order valence-corrected chi connectivity index (χ2v) is 6.65. The quantitative estimate of drug-likeness (QED) is 0.722. The maximum absolute atomic E-state index is 11.9. The monoisotopic (exact) mass is 343 g/mol. The molecule has 1 aromatic heterocycles. The highest BCUT2D eigenvalue weighted by atomic mass is 16.3. The van der Waals surface area contributed by atoms with Crippen LogP contribution in [0.15, 0.2) is 47.1 Å². The van der Waals surface area contributed by atoms with Crippen molar-refractivity contribution in [3.63, 3.8) is 0 Å². The van der Waals surface area contributed by atoms with Gasteiger partial charge in [-0.2, -0.15) is 0 Å². The Morgan fingerprint density at radius 2 is 1.88 bits per heavy atom. The minimum Gasteiger partial charge on any atom is -0.467 e. The molecule has 2 aromatic rings. The molecule has 0 fully saturated rings. The summed E-state index contributed by atoms with van der Waals surface area (Å²) < 4.78 is 5.12. The molecule has 3 N–H and O–H groups in total. The van der Waals surface area contributed by atoms with Gasteiger partial charge in [-0.1, -0.05) is 43.7 Å². The molecule has 0 radical (unpaired) electrons. The maximum atomic E-state index is 11.9. The molecular weight excluding hydrogens is 318 g/mol. The Balaban J connectivity index is 1.71. The first kappa shape index (κ1) is 18.6. The largest absolute Gasteiger partial charge is 0.467 e. The van der Waals surface area contributed by atoms with E-state index >= 15 is 0 Å². The van der Waals surface area contributed by atoms with Gasteiger partial charge in [0.05, 0.1) is 19.4 Å². The van der Waals surface area contributed by atoms with E-state index in [1.54, 1.807) is 18.4 Å². The average Bonchev–Trinajstić information content (AvgIpc) is 3.10. The van der Waals surface area contributed by atoms with E-state index in [4.69, 9.17) is 4.42 Å². The van der Waals surface area contributed by atoms with Gasteiger partial charge < -0.3 is 20.4 Å². The highest BCUT2D eigenvalue weighted by Crippen LogP contribution is 2.22. The van der Waals surface area contributed by atoms with Crippen molar-refractivity contribution in [3.8, 4) is 0 Å². The van der Waals surface area contributed by atoms with Gasteiger partial charge in [0.1, 0.15) is 5.76 Å². The number of hydrogen-bond acceptors (Lipinski definition) is 3. The van der Waals surface area contributed by atoms with Gasteiger partial charge in [0.2, 0.25) is 5.91 Å². The minimum atomic E-state index is -0.367. The number of urea groups is 1. The van der Waals surface area contributed by atoms with Gasteiger partial charge in [0.15, 0.2) is 0 Å². The molecule has 6 heteroatoms. The Labute approximate surface area is 148 Å². The Hall–Kier alpha value is -2.76. The SMILES string of the molecule is Cc1cccc(C(C)(C)CNC(=O)NCC(=O)NCc2ccco2)c1. The molecular formula is C19H25N3O3. The molecule has 0 spiro atoms. The lowest BCUT2D eigenvalue weighted by molar-refractivity contribution is -0.120. The lowest BCUT2D eigenvalue weighted by Crippen LogP contribution is -2.45. The van der Waals surface area contributed by atoms with E-state index in [9.17, 15) is 9.59 Å². The van der Waals surface area contributed by atoms with E-state index in [1.807, 2.05) is 19.1 Å². The van der Waals surface area contributed by atoms with E-state index in [0.717, 1.165) is 5.56 Å². The predicted octanol–water partition coefficient (Wildman–Crippen LogP) is 2.48. The van der Waals surface area contributed by atoms with Gasteiger partial charge in [0, 0.05) is 12.0 Å². The third-order valence-electron chi connectivity index (χ3n) is 3.94. The Bertz CT molecular complexity index is 708. The summed E-state index contributed by atoms with van der Waals surface area (Å²) in [5, 5.41) is 8.04. The zero-order valence-corrected chi connectivity index (χ0v) is 14.9. The molecule has 0 aliphatic rings. The van der Waals surface area contributed by atoms with Crippen LogP contribution in [0.3, 0.4) is 0 Å². The summed E-state index contributed by atoms with van der Waals surface area (Å²) in [6.45, 7) is 6.86. The predicted molar refractivity (Wildman–Crippen MR) is 96.2 cm³/mol. The Morgan fingerprint density at radius 3 is 2.56 bits per heavy atom. The number of rotatable bonds is 7. The van der Waals surface area contributed by atoms with Gasteiger partial charge in [0.25, 0.3) is 0 Å². The number of benzene rings is 1. The first-order chi connectivity index (χ1) is 11.9. The van der Waals surface area contributed by atoms with E-state index < -0.39 is 0 Å². The molecule has 2 rings (SSSR count). The van der Waals surface area contributed by atoms with Crippen molar-refractivity contribution < 1.29 is 14.0 Å². The second kappa shape index (κ2) is 8.37. The number of amides is 3. The normalized spacial score (nSPS) is 11.0. The van der Waals surface area contributed by atoms with Crippen molar-refractivity contribution in [2.45, 2.75) is 32.7 Å². The van der Waals surface area contributed by atoms with Gasteiger partial charge >= 0.3 is 6.03 Å². The van der Waals surface area contributed by atoms with Crippen molar-refractivity contribution in [2.24, 2.45) is 0 Å². The molecule has 6 nitrogen and oxygen atoms in total. The molecule has 0 atom stereocenters. The topological polar surface area (TPSA) is 83.4 Å². The zero-order chi connectivity index (χ0) is 18.3. The van der Waals surface area contributed by atoms with Crippen molar-refractivity contribution in [1.29, 1.82) is 0 Å². The van der Waals surface area contributed by atoms with Gasteiger partial charge in [-0.3, -0.25) is 4.79 Å². The second-order valence-electron chi connectivity index (χ2n) is 6.65. The third-order valence-corrected chi connectivity index (χ3v) is 3.94. The van der Waals surface area contributed by atoms with Crippen molar-refractivity contribution in [2.75, 3.05) is 13.1 Å². The lowest BCUT2D eigenvalue weighted by Gasteiger charge is -2.26. The first-order valence-electron chi connectivity index (χ1n) is 8.25. The number of furan rings is 1. The van der Waals surface area contributed by atoms with Crippen molar-refractivity contribution >= 4 is 11.9 Å². The van der Waals surface area contributed by atoms with Crippen LogP contribution in [0.5, 0.6) is 0 Å². The molecule has 0 aliphatic heterocycles. The number of carbonyl (C=O) groups excluding carboxylic acids is 2. The standard InChI is InChI=1S/C19H25N3O3/c1-14-6-4-7-15(10-14)19(2,3)13-22-18(24)21-12-17(23)20-11-16-8-5-9-25-16/h4-10H,11-13H2,1-3H3,(H,20,23)(H2,21,22,24). The summed E-state index contributed by atoms with van der Waals surface area (Å²) in [7, 11) is 0. The fourth-order valence-corrected chi connectivity index (χ4v) is 2.35. The fourth-order valence-electron chi connectivity index (χ4n) is 2.35. The summed E-state index contributed by atoms with van der Waals surface area (Å²) in [6.07, 6.45) is 1.54. The van der Waals surface area contributed by atoms with Crippen LogP contribution < -0.4 is 16.0 Å². The number of carbonyl (C=O) groups is 2.